The van der Waals surface area contributed by atoms with Crippen LogP contribution in [0.1, 0.15) is 5.82 Å². The first-order chi connectivity index (χ1) is 6.67. The fourth-order valence-electron chi connectivity index (χ4n) is 1.03. The molecule has 0 amide bonds. The van der Waals surface area contributed by atoms with Crippen molar-refractivity contribution in [1.82, 2.24) is 9.97 Å². The van der Waals surface area contributed by atoms with Crippen molar-refractivity contribution in [3.8, 4) is 0 Å². The van der Waals surface area contributed by atoms with Gasteiger partial charge in [-0.2, -0.15) is 0 Å². The maximum atomic E-state index is 4.99. The highest BCUT2D eigenvalue weighted by Gasteiger charge is 2.04. The molecule has 0 saturated carbocycles. The number of methoxy groups -OCH3 is 1. The van der Waals surface area contributed by atoms with Crippen LogP contribution in [-0.4, -0.2) is 38.2 Å². The van der Waals surface area contributed by atoms with E-state index in [1.54, 1.807) is 7.11 Å². The van der Waals surface area contributed by atoms with Gasteiger partial charge in [-0.3, -0.25) is 0 Å². The lowest BCUT2D eigenvalue weighted by Crippen LogP contribution is -2.13. The Labute approximate surface area is 84.1 Å². The van der Waals surface area contributed by atoms with E-state index < -0.39 is 0 Å². The van der Waals surface area contributed by atoms with Crippen molar-refractivity contribution in [3.63, 3.8) is 0 Å². The van der Waals surface area contributed by atoms with Gasteiger partial charge in [0.2, 0.25) is 0 Å². The Hall–Kier alpha value is -1.36. The summed E-state index contributed by atoms with van der Waals surface area (Å²) < 4.78 is 4.99. The van der Waals surface area contributed by atoms with Crippen molar-refractivity contribution in [1.29, 1.82) is 0 Å². The lowest BCUT2D eigenvalue weighted by atomic mass is 10.4. The van der Waals surface area contributed by atoms with Gasteiger partial charge in [0, 0.05) is 34.3 Å². The molecule has 0 atom stereocenters. The zero-order valence-electron chi connectivity index (χ0n) is 9.03. The van der Waals surface area contributed by atoms with E-state index in [0.29, 0.717) is 12.4 Å². The van der Waals surface area contributed by atoms with Gasteiger partial charge in [0.15, 0.2) is 5.82 Å². The van der Waals surface area contributed by atoms with Gasteiger partial charge in [0.1, 0.15) is 18.2 Å². The fraction of sp³-hybridized carbons (Fsp3) is 0.556. The van der Waals surface area contributed by atoms with Gasteiger partial charge < -0.3 is 15.0 Å². The first kappa shape index (κ1) is 10.7. The van der Waals surface area contributed by atoms with E-state index in [4.69, 9.17) is 4.74 Å². The Morgan fingerprint density at radius 3 is 2.64 bits per heavy atom. The highest BCUT2D eigenvalue weighted by Crippen LogP contribution is 2.13. The predicted octanol–water partition coefficient (Wildman–Crippen LogP) is 0.731. The average molecular weight is 196 g/mol. The Balaban J connectivity index is 3.00. The molecule has 5 nitrogen and oxygen atoms in total. The minimum absolute atomic E-state index is 0.427. The molecule has 78 valence electrons. The highest BCUT2D eigenvalue weighted by molar-refractivity contribution is 5.48. The molecule has 5 heteroatoms. The predicted molar refractivity (Wildman–Crippen MR) is 56.6 cm³/mol. The Morgan fingerprint density at radius 1 is 1.43 bits per heavy atom. The third kappa shape index (κ3) is 2.56. The second-order valence-corrected chi connectivity index (χ2v) is 3.11. The van der Waals surface area contributed by atoms with Gasteiger partial charge in [-0.25, -0.2) is 9.97 Å². The number of hydrogen-bond donors (Lipinski definition) is 1. The highest BCUT2D eigenvalue weighted by atomic mass is 16.5. The molecule has 0 radical (unpaired) electrons. The number of rotatable bonds is 4. The summed E-state index contributed by atoms with van der Waals surface area (Å²) in [4.78, 5) is 10.5. The van der Waals surface area contributed by atoms with Crippen LogP contribution in [0.5, 0.6) is 0 Å². The van der Waals surface area contributed by atoms with E-state index in [1.165, 1.54) is 0 Å². The van der Waals surface area contributed by atoms with Crippen molar-refractivity contribution in [2.45, 2.75) is 6.61 Å². The summed E-state index contributed by atoms with van der Waals surface area (Å²) in [7, 11) is 7.35. The number of nitrogens with zero attached hydrogens (tertiary/aromatic N) is 3. The SMILES string of the molecule is CNc1cc(N(C)C)nc(COC)n1. The molecule has 1 rings (SSSR count). The van der Waals surface area contributed by atoms with Crippen LogP contribution in [0.15, 0.2) is 6.07 Å². The number of nitrogens with one attached hydrogen (secondary N) is 1. The number of aromatic nitrogens is 2. The standard InChI is InChI=1S/C9H16N4O/c1-10-7-5-9(13(2)3)12-8(11-7)6-14-4/h5H,6H2,1-4H3,(H,10,11,12). The second-order valence-electron chi connectivity index (χ2n) is 3.11. The van der Waals surface area contributed by atoms with Crippen molar-refractivity contribution >= 4 is 11.6 Å². The van der Waals surface area contributed by atoms with Gasteiger partial charge in [-0.15, -0.1) is 0 Å². The molecule has 0 aliphatic carbocycles. The fourth-order valence-corrected chi connectivity index (χ4v) is 1.03. The van der Waals surface area contributed by atoms with Gasteiger partial charge in [-0.1, -0.05) is 0 Å². The lowest BCUT2D eigenvalue weighted by Gasteiger charge is -2.13. The molecular formula is C9H16N4O. The minimum Gasteiger partial charge on any atom is -0.377 e. The molecule has 1 N–H and O–H groups in total. The van der Waals surface area contributed by atoms with Crippen LogP contribution in [0.4, 0.5) is 11.6 Å². The number of hydrogen-bond acceptors (Lipinski definition) is 5. The third-order valence-corrected chi connectivity index (χ3v) is 1.75. The van der Waals surface area contributed by atoms with Crippen LogP contribution < -0.4 is 10.2 Å². The summed E-state index contributed by atoms with van der Waals surface area (Å²) in [6.45, 7) is 0.427. The first-order valence-corrected chi connectivity index (χ1v) is 4.39. The summed E-state index contributed by atoms with van der Waals surface area (Å²) in [5, 5.41) is 2.99. The Morgan fingerprint density at radius 2 is 2.14 bits per heavy atom. The third-order valence-electron chi connectivity index (χ3n) is 1.75. The first-order valence-electron chi connectivity index (χ1n) is 4.39. The maximum absolute atomic E-state index is 4.99. The molecule has 1 aromatic heterocycles. The summed E-state index contributed by atoms with van der Waals surface area (Å²) in [5.74, 6) is 2.36. The van der Waals surface area contributed by atoms with Crippen molar-refractivity contribution in [2.24, 2.45) is 0 Å². The minimum atomic E-state index is 0.427. The maximum Gasteiger partial charge on any atom is 0.158 e. The molecule has 0 aliphatic rings. The van der Waals surface area contributed by atoms with E-state index in [9.17, 15) is 0 Å². The molecule has 1 heterocycles. The van der Waals surface area contributed by atoms with Gasteiger partial charge >= 0.3 is 0 Å². The number of ether oxygens (including phenoxy) is 1. The van der Waals surface area contributed by atoms with E-state index in [2.05, 4.69) is 15.3 Å². The smallest absolute Gasteiger partial charge is 0.158 e. The summed E-state index contributed by atoms with van der Waals surface area (Å²) >= 11 is 0. The second kappa shape index (κ2) is 4.76. The molecule has 0 bridgehead atoms. The largest absolute Gasteiger partial charge is 0.377 e. The van der Waals surface area contributed by atoms with Crippen molar-refractivity contribution in [3.05, 3.63) is 11.9 Å². The molecule has 14 heavy (non-hydrogen) atoms. The molecule has 0 unspecified atom stereocenters. The number of anilines is 2. The molecule has 0 fully saturated rings. The van der Waals surface area contributed by atoms with Crippen LogP contribution in [0, 0.1) is 0 Å². The van der Waals surface area contributed by atoms with Crippen molar-refractivity contribution < 1.29 is 4.74 Å². The zero-order valence-corrected chi connectivity index (χ0v) is 9.03. The molecular weight excluding hydrogens is 180 g/mol. The van der Waals surface area contributed by atoms with Crippen LogP contribution in [0.2, 0.25) is 0 Å². The zero-order chi connectivity index (χ0) is 10.6. The molecule has 0 aliphatic heterocycles. The topological polar surface area (TPSA) is 50.3 Å². The summed E-state index contributed by atoms with van der Waals surface area (Å²) in [6.07, 6.45) is 0. The quantitative estimate of drug-likeness (QED) is 0.769. The molecule has 1 aromatic rings. The van der Waals surface area contributed by atoms with Crippen LogP contribution in [0.25, 0.3) is 0 Å². The lowest BCUT2D eigenvalue weighted by molar-refractivity contribution is 0.178. The molecule has 0 spiro atoms. The summed E-state index contributed by atoms with van der Waals surface area (Å²) in [5.41, 5.74) is 0. The average Bonchev–Trinajstić information content (AvgIpc) is 2.17. The Kier molecular flexibility index (Phi) is 3.64. The van der Waals surface area contributed by atoms with Gasteiger partial charge in [-0.05, 0) is 0 Å². The monoisotopic (exact) mass is 196 g/mol. The van der Waals surface area contributed by atoms with E-state index in [1.807, 2.05) is 32.1 Å². The van der Waals surface area contributed by atoms with E-state index in [-0.39, 0.29) is 0 Å². The molecule has 0 saturated heterocycles. The van der Waals surface area contributed by atoms with Crippen LogP contribution in [0.3, 0.4) is 0 Å². The van der Waals surface area contributed by atoms with Crippen LogP contribution in [-0.2, 0) is 11.3 Å². The van der Waals surface area contributed by atoms with Gasteiger partial charge in [0.25, 0.3) is 0 Å². The Bertz CT molecular complexity index is 301. The van der Waals surface area contributed by atoms with E-state index in [0.717, 1.165) is 11.6 Å². The van der Waals surface area contributed by atoms with Crippen molar-refractivity contribution in [2.75, 3.05) is 38.5 Å². The summed E-state index contributed by atoms with van der Waals surface area (Å²) in [6, 6.07) is 1.89. The van der Waals surface area contributed by atoms with E-state index >= 15 is 0 Å². The van der Waals surface area contributed by atoms with Gasteiger partial charge in [0.05, 0.1) is 0 Å². The molecule has 0 aromatic carbocycles. The van der Waals surface area contributed by atoms with Crippen LogP contribution >= 0.6 is 0 Å². The normalized spacial score (nSPS) is 10.0.